The summed E-state index contributed by atoms with van der Waals surface area (Å²) >= 11 is 3.30. The van der Waals surface area contributed by atoms with Gasteiger partial charge in [-0.05, 0) is 74.4 Å². The Labute approximate surface area is 239 Å². The lowest BCUT2D eigenvalue weighted by molar-refractivity contribution is -0.122. The number of ketones is 1. The zero-order valence-electron chi connectivity index (χ0n) is 21.6. The van der Waals surface area contributed by atoms with Crippen molar-refractivity contribution in [3.8, 4) is 0 Å². The van der Waals surface area contributed by atoms with Crippen LogP contribution in [0.2, 0.25) is 0 Å². The van der Waals surface area contributed by atoms with Gasteiger partial charge in [0.05, 0.1) is 23.1 Å². The summed E-state index contributed by atoms with van der Waals surface area (Å²) in [6.07, 6.45) is 3.16. The van der Waals surface area contributed by atoms with E-state index in [-0.39, 0.29) is 35.0 Å². The third kappa shape index (κ3) is 5.65. The fourth-order valence-electron chi connectivity index (χ4n) is 4.91. The summed E-state index contributed by atoms with van der Waals surface area (Å²) in [5.74, 6) is -2.56. The predicted octanol–water partition coefficient (Wildman–Crippen LogP) is 5.59. The molecule has 1 fully saturated rings. The second-order valence-electron chi connectivity index (χ2n) is 9.80. The number of carbonyl (C=O) groups is 5. The number of allylic oxidation sites excluding steroid dienone is 2. The van der Waals surface area contributed by atoms with Gasteiger partial charge in [-0.1, -0.05) is 45.8 Å². The lowest BCUT2D eigenvalue weighted by Crippen LogP contribution is -2.30. The standard InChI is InChI=1S/C31H25BrN2O6/c1-18-5-14-25-26(15-18)30(38)34(29(25)37)24-12-8-20(9-13-24)28(36)33-23-4-2-3-21(16-23)31(39)40-17-27(35)19-6-10-22(32)11-7-19/h2-13,16,25-26H,14-15,17H2,1H3,(H,33,36)/t25-,26+/m1/s1. The van der Waals surface area contributed by atoms with Crippen LogP contribution in [0.5, 0.6) is 0 Å². The van der Waals surface area contributed by atoms with Crippen molar-refractivity contribution in [2.24, 2.45) is 11.8 Å². The van der Waals surface area contributed by atoms with Gasteiger partial charge in [-0.2, -0.15) is 0 Å². The molecule has 0 bridgehead atoms. The van der Waals surface area contributed by atoms with Crippen molar-refractivity contribution in [1.82, 2.24) is 0 Å². The Morgan fingerprint density at radius 2 is 1.57 bits per heavy atom. The van der Waals surface area contributed by atoms with Crippen molar-refractivity contribution in [1.29, 1.82) is 0 Å². The third-order valence-corrected chi connectivity index (χ3v) is 7.60. The molecule has 0 spiro atoms. The number of imide groups is 1. The number of anilines is 2. The molecule has 3 aromatic rings. The van der Waals surface area contributed by atoms with E-state index >= 15 is 0 Å². The summed E-state index contributed by atoms with van der Waals surface area (Å²) in [6, 6.07) is 19.2. The smallest absolute Gasteiger partial charge is 0.338 e. The van der Waals surface area contributed by atoms with Crippen LogP contribution in [0, 0.1) is 11.8 Å². The van der Waals surface area contributed by atoms with Gasteiger partial charge in [-0.15, -0.1) is 0 Å². The van der Waals surface area contributed by atoms with E-state index in [0.717, 1.165) is 10.0 Å². The van der Waals surface area contributed by atoms with Gasteiger partial charge < -0.3 is 10.1 Å². The molecule has 0 unspecified atom stereocenters. The Balaban J connectivity index is 1.20. The molecule has 0 radical (unpaired) electrons. The molecule has 3 amide bonds. The van der Waals surface area contributed by atoms with Crippen LogP contribution in [-0.2, 0) is 14.3 Å². The SMILES string of the molecule is CC1=CC[C@H]2C(=O)N(c3ccc(C(=O)Nc4cccc(C(=O)OCC(=O)c5ccc(Br)cc5)c4)cc3)C(=O)[C@H]2C1. The van der Waals surface area contributed by atoms with Crippen molar-refractivity contribution in [3.63, 3.8) is 0 Å². The number of nitrogens with zero attached hydrogens (tertiary/aromatic N) is 1. The summed E-state index contributed by atoms with van der Waals surface area (Å²) in [6.45, 7) is 1.55. The number of hydrogen-bond donors (Lipinski definition) is 1. The van der Waals surface area contributed by atoms with Crippen LogP contribution in [0.25, 0.3) is 0 Å². The van der Waals surface area contributed by atoms with Crippen LogP contribution in [0.15, 0.2) is 88.9 Å². The van der Waals surface area contributed by atoms with Crippen LogP contribution in [0.3, 0.4) is 0 Å². The number of amides is 3. The Morgan fingerprint density at radius 1 is 0.900 bits per heavy atom. The highest BCUT2D eigenvalue weighted by molar-refractivity contribution is 9.10. The first kappa shape index (κ1) is 27.2. The number of nitrogens with one attached hydrogen (secondary N) is 1. The van der Waals surface area contributed by atoms with Gasteiger partial charge in [-0.3, -0.25) is 24.1 Å². The summed E-state index contributed by atoms with van der Waals surface area (Å²) < 4.78 is 5.99. The summed E-state index contributed by atoms with van der Waals surface area (Å²) in [4.78, 5) is 64.8. The minimum Gasteiger partial charge on any atom is -0.454 e. The lowest BCUT2D eigenvalue weighted by Gasteiger charge is -2.18. The van der Waals surface area contributed by atoms with E-state index in [1.165, 1.54) is 17.0 Å². The van der Waals surface area contributed by atoms with Crippen LogP contribution in [0.4, 0.5) is 11.4 Å². The van der Waals surface area contributed by atoms with Crippen molar-refractivity contribution in [2.75, 3.05) is 16.8 Å². The van der Waals surface area contributed by atoms with Crippen molar-refractivity contribution < 1.29 is 28.7 Å². The van der Waals surface area contributed by atoms with Gasteiger partial charge in [0.25, 0.3) is 5.91 Å². The zero-order chi connectivity index (χ0) is 28.4. The molecule has 1 aliphatic carbocycles. The maximum Gasteiger partial charge on any atom is 0.338 e. The lowest BCUT2D eigenvalue weighted by atomic mass is 9.82. The third-order valence-electron chi connectivity index (χ3n) is 7.07. The first-order valence-electron chi connectivity index (χ1n) is 12.7. The number of benzene rings is 3. The van der Waals surface area contributed by atoms with Crippen molar-refractivity contribution in [3.05, 3.63) is 106 Å². The van der Waals surface area contributed by atoms with Crippen LogP contribution in [0.1, 0.15) is 50.8 Å². The number of hydrogen-bond acceptors (Lipinski definition) is 6. The van der Waals surface area contributed by atoms with Gasteiger partial charge in [0.1, 0.15) is 0 Å². The summed E-state index contributed by atoms with van der Waals surface area (Å²) in [7, 11) is 0. The maximum atomic E-state index is 13.0. The maximum absolute atomic E-state index is 13.0. The van der Waals surface area contributed by atoms with Crippen molar-refractivity contribution in [2.45, 2.75) is 19.8 Å². The quantitative estimate of drug-likeness (QED) is 0.164. The Morgan fingerprint density at radius 3 is 2.30 bits per heavy atom. The molecule has 1 N–H and O–H groups in total. The minimum absolute atomic E-state index is 0.175. The molecule has 1 heterocycles. The van der Waals surface area contributed by atoms with E-state index < -0.39 is 18.5 Å². The second-order valence-corrected chi connectivity index (χ2v) is 10.7. The molecule has 202 valence electrons. The monoisotopic (exact) mass is 600 g/mol. The molecule has 40 heavy (non-hydrogen) atoms. The average molecular weight is 601 g/mol. The number of carbonyl (C=O) groups excluding carboxylic acids is 5. The van der Waals surface area contributed by atoms with Crippen LogP contribution in [-0.4, -0.2) is 36.1 Å². The van der Waals surface area contributed by atoms with E-state index in [2.05, 4.69) is 21.2 Å². The van der Waals surface area contributed by atoms with E-state index in [0.29, 0.717) is 35.3 Å². The number of ether oxygens (including phenoxy) is 1. The number of halogens is 1. The van der Waals surface area contributed by atoms with E-state index in [9.17, 15) is 24.0 Å². The minimum atomic E-state index is -0.697. The molecule has 3 aromatic carbocycles. The average Bonchev–Trinajstić information content (AvgIpc) is 3.20. The van der Waals surface area contributed by atoms with E-state index in [1.54, 1.807) is 60.7 Å². The number of Topliss-reactive ketones (excluding diaryl/α,β-unsaturated/α-hetero) is 1. The highest BCUT2D eigenvalue weighted by atomic mass is 79.9. The summed E-state index contributed by atoms with van der Waals surface area (Å²) in [5.41, 5.74) is 2.82. The first-order valence-corrected chi connectivity index (χ1v) is 13.5. The molecular formula is C31H25BrN2O6. The number of esters is 1. The van der Waals surface area contributed by atoms with Crippen LogP contribution < -0.4 is 10.2 Å². The predicted molar refractivity (Wildman–Crippen MR) is 152 cm³/mol. The summed E-state index contributed by atoms with van der Waals surface area (Å²) in [5, 5.41) is 2.73. The highest BCUT2D eigenvalue weighted by Gasteiger charge is 2.48. The van der Waals surface area contributed by atoms with Gasteiger partial charge in [-0.25, -0.2) is 4.79 Å². The Kier molecular flexibility index (Phi) is 7.75. The molecule has 9 heteroatoms. The van der Waals surface area contributed by atoms with Gasteiger partial charge in [0, 0.05) is 21.3 Å². The van der Waals surface area contributed by atoms with E-state index in [4.69, 9.17) is 4.74 Å². The molecule has 2 atom stereocenters. The molecule has 0 saturated carbocycles. The number of rotatable bonds is 7. The fourth-order valence-corrected chi connectivity index (χ4v) is 5.18. The largest absolute Gasteiger partial charge is 0.454 e. The second kappa shape index (κ2) is 11.4. The first-order chi connectivity index (χ1) is 19.2. The Bertz CT molecular complexity index is 1540. The normalized spacial score (nSPS) is 18.1. The number of fused-ring (bicyclic) bond motifs is 1. The zero-order valence-corrected chi connectivity index (χ0v) is 23.1. The van der Waals surface area contributed by atoms with Crippen molar-refractivity contribution >= 4 is 56.8 Å². The van der Waals surface area contributed by atoms with Gasteiger partial charge in [0.15, 0.2) is 12.4 Å². The molecule has 5 rings (SSSR count). The van der Waals surface area contributed by atoms with Gasteiger partial charge in [0.2, 0.25) is 11.8 Å². The molecule has 2 aliphatic rings. The molecule has 0 aromatic heterocycles. The topological polar surface area (TPSA) is 110 Å². The Hall–Kier alpha value is -4.37. The van der Waals surface area contributed by atoms with Gasteiger partial charge >= 0.3 is 5.97 Å². The molecular weight excluding hydrogens is 576 g/mol. The highest BCUT2D eigenvalue weighted by Crippen LogP contribution is 2.39. The molecule has 8 nitrogen and oxygen atoms in total. The fraction of sp³-hybridized carbons (Fsp3) is 0.194. The molecule has 1 saturated heterocycles. The van der Waals surface area contributed by atoms with Crippen LogP contribution >= 0.6 is 15.9 Å². The van der Waals surface area contributed by atoms with E-state index in [1.807, 2.05) is 13.0 Å². The molecule has 1 aliphatic heterocycles.